The molecular formula is C15H18N2O5S. The smallest absolute Gasteiger partial charge is 0.307 e. The minimum atomic E-state index is -3.72. The molecule has 8 heteroatoms. The van der Waals surface area contributed by atoms with Crippen LogP contribution in [0.3, 0.4) is 0 Å². The average Bonchev–Trinajstić information content (AvgIpc) is 2.54. The van der Waals surface area contributed by atoms with Crippen LogP contribution in [-0.4, -0.2) is 42.8 Å². The van der Waals surface area contributed by atoms with Gasteiger partial charge in [-0.15, -0.1) is 0 Å². The number of benzene rings is 1. The summed E-state index contributed by atoms with van der Waals surface area (Å²) in [4.78, 5) is 22.6. The predicted octanol–water partition coefficient (Wildman–Crippen LogP) is 1.06. The highest BCUT2D eigenvalue weighted by Gasteiger charge is 2.33. The lowest BCUT2D eigenvalue weighted by Crippen LogP contribution is -2.42. The van der Waals surface area contributed by atoms with Crippen LogP contribution in [0.1, 0.15) is 24.8 Å². The fourth-order valence-corrected chi connectivity index (χ4v) is 4.61. The molecule has 1 saturated heterocycles. The van der Waals surface area contributed by atoms with Gasteiger partial charge in [0.05, 0.1) is 10.8 Å². The molecule has 0 unspecified atom stereocenters. The van der Waals surface area contributed by atoms with Crippen LogP contribution in [-0.2, 0) is 26.0 Å². The lowest BCUT2D eigenvalue weighted by Gasteiger charge is -2.30. The van der Waals surface area contributed by atoms with Crippen LogP contribution >= 0.6 is 0 Å². The molecule has 0 aromatic heterocycles. The van der Waals surface area contributed by atoms with Crippen molar-refractivity contribution < 1.29 is 23.1 Å². The van der Waals surface area contributed by atoms with Crippen LogP contribution < -0.4 is 5.32 Å². The van der Waals surface area contributed by atoms with Crippen molar-refractivity contribution in [2.24, 2.45) is 5.92 Å². The minimum Gasteiger partial charge on any atom is -0.481 e. The monoisotopic (exact) mass is 338 g/mol. The van der Waals surface area contributed by atoms with Crippen molar-refractivity contribution in [1.29, 1.82) is 0 Å². The first-order valence-electron chi connectivity index (χ1n) is 7.53. The third-order valence-corrected chi connectivity index (χ3v) is 6.20. The number of fused-ring (bicyclic) bond motifs is 1. The molecule has 1 atom stereocenters. The molecule has 0 bridgehead atoms. The van der Waals surface area contributed by atoms with Crippen LogP contribution in [0.2, 0.25) is 0 Å². The zero-order chi connectivity index (χ0) is 16.6. The van der Waals surface area contributed by atoms with E-state index in [0.29, 0.717) is 37.9 Å². The van der Waals surface area contributed by atoms with Crippen LogP contribution in [0.4, 0.5) is 5.69 Å². The summed E-state index contributed by atoms with van der Waals surface area (Å²) in [7, 11) is -3.72. The van der Waals surface area contributed by atoms with Gasteiger partial charge in [0, 0.05) is 25.2 Å². The first-order valence-corrected chi connectivity index (χ1v) is 8.97. The van der Waals surface area contributed by atoms with Gasteiger partial charge >= 0.3 is 5.97 Å². The van der Waals surface area contributed by atoms with Crippen molar-refractivity contribution in [2.75, 3.05) is 18.4 Å². The Morgan fingerprint density at radius 1 is 1.30 bits per heavy atom. The lowest BCUT2D eigenvalue weighted by molar-refractivity contribution is -0.142. The van der Waals surface area contributed by atoms with Gasteiger partial charge < -0.3 is 10.4 Å². The molecule has 124 valence electrons. The van der Waals surface area contributed by atoms with Gasteiger partial charge in [-0.1, -0.05) is 0 Å². The fourth-order valence-electron chi connectivity index (χ4n) is 3.03. The maximum atomic E-state index is 12.8. The Hall–Kier alpha value is -1.93. The molecule has 0 aliphatic carbocycles. The number of aliphatic carboxylic acids is 1. The second-order valence-electron chi connectivity index (χ2n) is 5.91. The Bertz CT molecular complexity index is 759. The van der Waals surface area contributed by atoms with Crippen LogP contribution in [0, 0.1) is 5.92 Å². The van der Waals surface area contributed by atoms with E-state index in [1.807, 2.05) is 0 Å². The van der Waals surface area contributed by atoms with Gasteiger partial charge in [-0.05, 0) is 43.0 Å². The van der Waals surface area contributed by atoms with Crippen LogP contribution in [0.25, 0.3) is 0 Å². The number of amides is 1. The molecule has 7 nitrogen and oxygen atoms in total. The van der Waals surface area contributed by atoms with Crippen molar-refractivity contribution in [1.82, 2.24) is 4.31 Å². The molecule has 1 aromatic carbocycles. The number of carboxylic acids is 1. The number of hydrogen-bond donors (Lipinski definition) is 2. The van der Waals surface area contributed by atoms with Gasteiger partial charge in [0.15, 0.2) is 0 Å². The second kappa shape index (κ2) is 5.93. The molecule has 1 aromatic rings. The molecule has 1 amide bonds. The quantitative estimate of drug-likeness (QED) is 0.857. The standard InChI is InChI=1S/C15H18N2O5S/c18-14-6-3-10-8-12(4-5-13(10)16-14)23(21,22)17-7-1-2-11(9-17)15(19)20/h4-5,8,11H,1-3,6-7,9H2,(H,16,18)(H,19,20)/t11-/m0/s1. The lowest BCUT2D eigenvalue weighted by atomic mass is 10.0. The first kappa shape index (κ1) is 15.9. The van der Waals surface area contributed by atoms with E-state index in [9.17, 15) is 18.0 Å². The Labute approximate surface area is 134 Å². The van der Waals surface area contributed by atoms with E-state index in [2.05, 4.69) is 5.32 Å². The molecule has 0 spiro atoms. The summed E-state index contributed by atoms with van der Waals surface area (Å²) in [5, 5.41) is 11.8. The zero-order valence-corrected chi connectivity index (χ0v) is 13.3. The third kappa shape index (κ3) is 3.09. The molecule has 2 N–H and O–H groups in total. The molecule has 0 radical (unpaired) electrons. The molecule has 3 rings (SSSR count). The zero-order valence-electron chi connectivity index (χ0n) is 12.5. The number of anilines is 1. The topological polar surface area (TPSA) is 104 Å². The highest BCUT2D eigenvalue weighted by atomic mass is 32.2. The normalized spacial score (nSPS) is 22.3. The minimum absolute atomic E-state index is 0.00544. The van der Waals surface area contributed by atoms with E-state index >= 15 is 0 Å². The summed E-state index contributed by atoms with van der Waals surface area (Å²) in [6, 6.07) is 4.64. The predicted molar refractivity (Wildman–Crippen MR) is 82.5 cm³/mol. The SMILES string of the molecule is O=C1CCc2cc(S(=O)(=O)N3CCC[C@H](C(=O)O)C3)ccc2N1. The highest BCUT2D eigenvalue weighted by molar-refractivity contribution is 7.89. The average molecular weight is 338 g/mol. The third-order valence-electron chi connectivity index (χ3n) is 4.34. The summed E-state index contributed by atoms with van der Waals surface area (Å²) in [5.41, 5.74) is 1.43. The Balaban J connectivity index is 1.88. The number of carboxylic acid groups (broad SMARTS) is 1. The molecule has 1 fully saturated rings. The molecule has 2 heterocycles. The maximum Gasteiger partial charge on any atom is 0.307 e. The number of rotatable bonds is 3. The van der Waals surface area contributed by atoms with Crippen molar-refractivity contribution in [3.05, 3.63) is 23.8 Å². The largest absolute Gasteiger partial charge is 0.481 e. The summed E-state index contributed by atoms with van der Waals surface area (Å²) in [6.07, 6.45) is 1.87. The van der Waals surface area contributed by atoms with Gasteiger partial charge in [0.2, 0.25) is 15.9 Å². The van der Waals surface area contributed by atoms with Gasteiger partial charge in [-0.2, -0.15) is 4.31 Å². The van der Waals surface area contributed by atoms with Crippen molar-refractivity contribution >= 4 is 27.6 Å². The molecule has 23 heavy (non-hydrogen) atoms. The first-order chi connectivity index (χ1) is 10.9. The van der Waals surface area contributed by atoms with Crippen molar-refractivity contribution in [3.8, 4) is 0 Å². The fraction of sp³-hybridized carbons (Fsp3) is 0.467. The van der Waals surface area contributed by atoms with E-state index in [4.69, 9.17) is 5.11 Å². The van der Waals surface area contributed by atoms with E-state index < -0.39 is 21.9 Å². The van der Waals surface area contributed by atoms with Crippen molar-refractivity contribution in [2.45, 2.75) is 30.6 Å². The van der Waals surface area contributed by atoms with E-state index in [0.717, 1.165) is 5.56 Å². The number of nitrogens with one attached hydrogen (secondary N) is 1. The molecule has 2 aliphatic heterocycles. The molecule has 2 aliphatic rings. The maximum absolute atomic E-state index is 12.8. The number of hydrogen-bond acceptors (Lipinski definition) is 4. The van der Waals surface area contributed by atoms with Crippen LogP contribution in [0.15, 0.2) is 23.1 Å². The number of carbonyl (C=O) groups excluding carboxylic acids is 1. The van der Waals surface area contributed by atoms with E-state index in [1.54, 1.807) is 12.1 Å². The Morgan fingerprint density at radius 2 is 2.09 bits per heavy atom. The number of sulfonamides is 1. The van der Waals surface area contributed by atoms with Gasteiger partial charge in [-0.3, -0.25) is 9.59 Å². The van der Waals surface area contributed by atoms with Gasteiger partial charge in [0.1, 0.15) is 0 Å². The van der Waals surface area contributed by atoms with E-state index in [-0.39, 0.29) is 17.3 Å². The summed E-state index contributed by atoms with van der Waals surface area (Å²) in [5.74, 6) is -1.69. The van der Waals surface area contributed by atoms with Gasteiger partial charge in [0.25, 0.3) is 0 Å². The number of aryl methyl sites for hydroxylation is 1. The summed E-state index contributed by atoms with van der Waals surface area (Å²) >= 11 is 0. The Kier molecular flexibility index (Phi) is 4.11. The Morgan fingerprint density at radius 3 is 2.83 bits per heavy atom. The van der Waals surface area contributed by atoms with Gasteiger partial charge in [-0.25, -0.2) is 8.42 Å². The van der Waals surface area contributed by atoms with Crippen LogP contribution in [0.5, 0.6) is 0 Å². The van der Waals surface area contributed by atoms with Crippen molar-refractivity contribution in [3.63, 3.8) is 0 Å². The molecular weight excluding hydrogens is 320 g/mol. The number of piperidine rings is 1. The highest BCUT2D eigenvalue weighted by Crippen LogP contribution is 2.29. The van der Waals surface area contributed by atoms with E-state index in [1.165, 1.54) is 10.4 Å². The summed E-state index contributed by atoms with van der Waals surface area (Å²) in [6.45, 7) is 0.339. The number of nitrogens with zero attached hydrogens (tertiary/aromatic N) is 1. The summed E-state index contributed by atoms with van der Waals surface area (Å²) < 4.78 is 26.8. The second-order valence-corrected chi connectivity index (χ2v) is 7.85. The number of carbonyl (C=O) groups is 2. The molecule has 0 saturated carbocycles.